The third kappa shape index (κ3) is 1.91. The van der Waals surface area contributed by atoms with E-state index < -0.39 is 0 Å². The smallest absolute Gasteiger partial charge is 0.123 e. The van der Waals surface area contributed by atoms with Gasteiger partial charge in [0.15, 0.2) is 0 Å². The molecule has 0 atom stereocenters. The Morgan fingerprint density at radius 1 is 1.05 bits per heavy atom. The molecule has 0 amide bonds. The van der Waals surface area contributed by atoms with E-state index in [4.69, 9.17) is 0 Å². The molecule has 0 aliphatic heterocycles. The van der Waals surface area contributed by atoms with Crippen LogP contribution in [0.2, 0.25) is 0 Å². The van der Waals surface area contributed by atoms with Gasteiger partial charge in [0.1, 0.15) is 5.82 Å². The summed E-state index contributed by atoms with van der Waals surface area (Å²) in [4.78, 5) is 0. The second kappa shape index (κ2) is 4.70. The Balaban J connectivity index is 2.08. The first-order valence-corrected chi connectivity index (χ1v) is 7.38. The molecule has 0 fully saturated rings. The Hall–Kier alpha value is -2.62. The lowest BCUT2D eigenvalue weighted by atomic mass is 10.1. The van der Waals surface area contributed by atoms with Gasteiger partial charge in [0, 0.05) is 22.2 Å². The Bertz CT molecular complexity index is 961. The van der Waals surface area contributed by atoms with Gasteiger partial charge in [-0.15, -0.1) is 0 Å². The number of fused-ring (bicyclic) bond motifs is 2. The van der Waals surface area contributed by atoms with Crippen LogP contribution in [0.25, 0.3) is 27.5 Å². The molecule has 0 saturated carbocycles. The van der Waals surface area contributed by atoms with E-state index in [0.29, 0.717) is 5.92 Å². The summed E-state index contributed by atoms with van der Waals surface area (Å²) in [6, 6.07) is 13.1. The van der Waals surface area contributed by atoms with Gasteiger partial charge in [-0.2, -0.15) is 5.10 Å². The van der Waals surface area contributed by atoms with E-state index in [-0.39, 0.29) is 5.82 Å². The van der Waals surface area contributed by atoms with Gasteiger partial charge in [0.2, 0.25) is 0 Å². The Labute approximate surface area is 127 Å². The third-order valence-corrected chi connectivity index (χ3v) is 4.07. The van der Waals surface area contributed by atoms with E-state index in [1.54, 1.807) is 0 Å². The van der Waals surface area contributed by atoms with Crippen LogP contribution in [0.5, 0.6) is 0 Å². The first-order chi connectivity index (χ1) is 10.6. The lowest BCUT2D eigenvalue weighted by Gasteiger charge is -2.13. The number of benzene rings is 2. The highest BCUT2D eigenvalue weighted by Crippen LogP contribution is 2.31. The summed E-state index contributed by atoms with van der Waals surface area (Å²) in [5.41, 5.74) is 4.33. The molecule has 2 aromatic heterocycles. The van der Waals surface area contributed by atoms with Crippen LogP contribution in [0.4, 0.5) is 4.39 Å². The molecule has 0 unspecified atom stereocenters. The number of rotatable bonds is 2. The van der Waals surface area contributed by atoms with Crippen LogP contribution in [-0.2, 0) is 0 Å². The van der Waals surface area contributed by atoms with Crippen molar-refractivity contribution >= 4 is 21.8 Å². The van der Waals surface area contributed by atoms with E-state index in [1.807, 2.05) is 18.3 Å². The molecule has 0 bridgehead atoms. The van der Waals surface area contributed by atoms with Crippen LogP contribution < -0.4 is 0 Å². The van der Waals surface area contributed by atoms with Crippen molar-refractivity contribution in [2.24, 2.45) is 0 Å². The number of nitrogens with zero attached hydrogens (tertiary/aromatic N) is 2. The van der Waals surface area contributed by atoms with Crippen molar-refractivity contribution < 1.29 is 4.39 Å². The van der Waals surface area contributed by atoms with Crippen molar-refractivity contribution in [2.75, 3.05) is 0 Å². The first-order valence-electron chi connectivity index (χ1n) is 7.38. The standard InChI is InChI=1S/C18H16FN3/c1-11(2)17-8-12-7-16-13(10-20-21-16)9-18(12)22(17)15-5-3-14(19)4-6-15/h3-11H,1-2H3,(H,20,21). The second-order valence-electron chi connectivity index (χ2n) is 5.90. The number of hydrogen-bond donors (Lipinski definition) is 1. The summed E-state index contributed by atoms with van der Waals surface area (Å²) < 4.78 is 15.4. The number of aromatic amines is 1. The Morgan fingerprint density at radius 3 is 2.55 bits per heavy atom. The van der Waals surface area contributed by atoms with Gasteiger partial charge in [-0.3, -0.25) is 5.10 Å². The minimum absolute atomic E-state index is 0.219. The summed E-state index contributed by atoms with van der Waals surface area (Å²) in [6.45, 7) is 4.34. The maximum atomic E-state index is 13.2. The van der Waals surface area contributed by atoms with Crippen molar-refractivity contribution in [2.45, 2.75) is 19.8 Å². The van der Waals surface area contributed by atoms with Crippen molar-refractivity contribution in [3.63, 3.8) is 0 Å². The predicted molar refractivity (Wildman–Crippen MR) is 87.0 cm³/mol. The molecule has 0 aliphatic carbocycles. The van der Waals surface area contributed by atoms with Crippen LogP contribution in [0.15, 0.2) is 48.7 Å². The van der Waals surface area contributed by atoms with Gasteiger partial charge in [0.25, 0.3) is 0 Å². The Kier molecular flexibility index (Phi) is 2.79. The molecule has 0 radical (unpaired) electrons. The van der Waals surface area contributed by atoms with Crippen LogP contribution in [0, 0.1) is 5.82 Å². The van der Waals surface area contributed by atoms with Crippen LogP contribution in [-0.4, -0.2) is 14.8 Å². The molecular formula is C18H16FN3. The largest absolute Gasteiger partial charge is 0.313 e. The zero-order valence-corrected chi connectivity index (χ0v) is 12.5. The maximum absolute atomic E-state index is 13.2. The average Bonchev–Trinajstić information content (AvgIpc) is 3.09. The van der Waals surface area contributed by atoms with Crippen molar-refractivity contribution in [1.82, 2.24) is 14.8 Å². The van der Waals surface area contributed by atoms with Crippen LogP contribution >= 0.6 is 0 Å². The fourth-order valence-corrected chi connectivity index (χ4v) is 2.97. The molecule has 0 spiro atoms. The van der Waals surface area contributed by atoms with Gasteiger partial charge in [-0.25, -0.2) is 4.39 Å². The molecule has 3 nitrogen and oxygen atoms in total. The molecule has 4 aromatic rings. The number of hydrogen-bond acceptors (Lipinski definition) is 1. The van der Waals surface area contributed by atoms with Crippen LogP contribution in [0.1, 0.15) is 25.5 Å². The van der Waals surface area contributed by atoms with Crippen molar-refractivity contribution in [3.05, 3.63) is 60.2 Å². The highest BCUT2D eigenvalue weighted by atomic mass is 19.1. The van der Waals surface area contributed by atoms with Gasteiger partial charge >= 0.3 is 0 Å². The van der Waals surface area contributed by atoms with Crippen molar-refractivity contribution in [1.29, 1.82) is 0 Å². The molecule has 22 heavy (non-hydrogen) atoms. The summed E-state index contributed by atoms with van der Waals surface area (Å²) in [5.74, 6) is 0.150. The molecule has 1 N–H and O–H groups in total. The molecular weight excluding hydrogens is 277 g/mol. The van der Waals surface area contributed by atoms with Gasteiger partial charge in [-0.1, -0.05) is 13.8 Å². The summed E-state index contributed by atoms with van der Waals surface area (Å²) in [5, 5.41) is 9.33. The minimum Gasteiger partial charge on any atom is -0.313 e. The summed E-state index contributed by atoms with van der Waals surface area (Å²) >= 11 is 0. The number of nitrogens with one attached hydrogen (secondary N) is 1. The van der Waals surface area contributed by atoms with Gasteiger partial charge in [0.05, 0.1) is 17.2 Å². The zero-order chi connectivity index (χ0) is 15.3. The molecule has 2 heterocycles. The van der Waals surface area contributed by atoms with Crippen molar-refractivity contribution in [3.8, 4) is 5.69 Å². The summed E-state index contributed by atoms with van der Waals surface area (Å²) in [7, 11) is 0. The highest BCUT2D eigenvalue weighted by Gasteiger charge is 2.14. The molecule has 4 heteroatoms. The normalized spacial score (nSPS) is 11.8. The maximum Gasteiger partial charge on any atom is 0.123 e. The Morgan fingerprint density at radius 2 is 1.82 bits per heavy atom. The van der Waals surface area contributed by atoms with Gasteiger partial charge in [-0.05, 0) is 48.4 Å². The monoisotopic (exact) mass is 293 g/mol. The topological polar surface area (TPSA) is 33.6 Å². The molecule has 4 rings (SSSR count). The number of aromatic nitrogens is 3. The van der Waals surface area contributed by atoms with Crippen LogP contribution in [0.3, 0.4) is 0 Å². The molecule has 0 aliphatic rings. The fraction of sp³-hybridized carbons (Fsp3) is 0.167. The molecule has 2 aromatic carbocycles. The first kappa shape index (κ1) is 13.1. The number of halogens is 1. The van der Waals surface area contributed by atoms with E-state index in [0.717, 1.165) is 27.5 Å². The predicted octanol–water partition coefficient (Wildman–Crippen LogP) is 4.77. The second-order valence-corrected chi connectivity index (χ2v) is 5.90. The zero-order valence-electron chi connectivity index (χ0n) is 12.5. The van der Waals surface area contributed by atoms with E-state index in [9.17, 15) is 4.39 Å². The SMILES string of the molecule is CC(C)c1cc2cc3[nH]ncc3cc2n1-c1ccc(F)cc1. The van der Waals surface area contributed by atoms with E-state index in [2.05, 4.69) is 46.8 Å². The third-order valence-electron chi connectivity index (χ3n) is 4.07. The molecule has 0 saturated heterocycles. The fourth-order valence-electron chi connectivity index (χ4n) is 2.97. The lowest BCUT2D eigenvalue weighted by molar-refractivity contribution is 0.627. The van der Waals surface area contributed by atoms with E-state index in [1.165, 1.54) is 17.8 Å². The summed E-state index contributed by atoms with van der Waals surface area (Å²) in [6.07, 6.45) is 1.83. The van der Waals surface area contributed by atoms with E-state index >= 15 is 0 Å². The quantitative estimate of drug-likeness (QED) is 0.567. The highest BCUT2D eigenvalue weighted by molar-refractivity contribution is 5.96. The average molecular weight is 293 g/mol. The lowest BCUT2D eigenvalue weighted by Crippen LogP contribution is -2.01. The number of H-pyrrole nitrogens is 1. The minimum atomic E-state index is -0.219. The van der Waals surface area contributed by atoms with Gasteiger partial charge < -0.3 is 4.57 Å². The molecule has 110 valence electrons.